The molecule has 2 heterocycles. The normalized spacial score (nSPS) is 11.1. The Morgan fingerprint density at radius 2 is 1.95 bits per heavy atom. The summed E-state index contributed by atoms with van der Waals surface area (Å²) in [6, 6.07) is 8.93. The van der Waals surface area contributed by atoms with Gasteiger partial charge in [-0.25, -0.2) is 9.37 Å². The first-order valence-electron chi connectivity index (χ1n) is 6.38. The molecule has 0 fully saturated rings. The average Bonchev–Trinajstić information content (AvgIpc) is 2.85. The van der Waals surface area contributed by atoms with Gasteiger partial charge in [0.15, 0.2) is 5.82 Å². The van der Waals surface area contributed by atoms with Gasteiger partial charge in [0.2, 0.25) is 0 Å². The number of imidazole rings is 1. The summed E-state index contributed by atoms with van der Waals surface area (Å²) in [5, 5.41) is 0. The molecule has 2 aromatic heterocycles. The summed E-state index contributed by atoms with van der Waals surface area (Å²) in [6.07, 6.45) is 4.36. The van der Waals surface area contributed by atoms with E-state index in [0.29, 0.717) is 17.9 Å². The van der Waals surface area contributed by atoms with Gasteiger partial charge in [-0.3, -0.25) is 4.98 Å². The lowest BCUT2D eigenvalue weighted by molar-refractivity contribution is 0.637. The highest BCUT2D eigenvalue weighted by Crippen LogP contribution is 2.20. The number of aromatic nitrogens is 3. The quantitative estimate of drug-likeness (QED) is 0.688. The van der Waals surface area contributed by atoms with Crippen LogP contribution in [0.1, 0.15) is 11.4 Å². The van der Waals surface area contributed by atoms with Crippen LogP contribution in [0.3, 0.4) is 0 Å². The van der Waals surface area contributed by atoms with Crippen molar-refractivity contribution in [1.29, 1.82) is 0 Å². The van der Waals surface area contributed by atoms with Crippen molar-refractivity contribution < 1.29 is 4.39 Å². The molecule has 0 saturated heterocycles. The number of alkyl halides is 1. The fourth-order valence-electron chi connectivity index (χ4n) is 2.30. The average molecular weight is 290 g/mol. The van der Waals surface area contributed by atoms with Crippen LogP contribution in [0.5, 0.6) is 0 Å². The molecule has 3 rings (SSSR count). The van der Waals surface area contributed by atoms with Gasteiger partial charge in [0.1, 0.15) is 11.3 Å². The Bertz CT molecular complexity index is 725. The smallest absolute Gasteiger partial charge is 0.151 e. The minimum atomic E-state index is -0.309. The van der Waals surface area contributed by atoms with Crippen molar-refractivity contribution >= 4 is 22.6 Å². The third kappa shape index (κ3) is 2.39. The monoisotopic (exact) mass is 289 g/mol. The lowest BCUT2D eigenvalue weighted by atomic mass is 10.2. The van der Waals surface area contributed by atoms with Gasteiger partial charge in [-0.2, -0.15) is 0 Å². The fraction of sp³-hybridized carbons (Fsp3) is 0.200. The highest BCUT2D eigenvalue weighted by Gasteiger charge is 2.12. The molecule has 0 radical (unpaired) electrons. The SMILES string of the molecule is Fc1cccc2c1nc(CCl)n2CCc1ccncc1. The molecule has 0 aliphatic carbocycles. The van der Waals surface area contributed by atoms with Crippen molar-refractivity contribution in [2.75, 3.05) is 0 Å². The maximum absolute atomic E-state index is 13.8. The minimum absolute atomic E-state index is 0.268. The maximum Gasteiger partial charge on any atom is 0.151 e. The van der Waals surface area contributed by atoms with Gasteiger partial charge in [0.25, 0.3) is 0 Å². The summed E-state index contributed by atoms with van der Waals surface area (Å²) in [5.74, 6) is 0.655. The second-order valence-corrected chi connectivity index (χ2v) is 4.79. The van der Waals surface area contributed by atoms with Crippen molar-refractivity contribution in [3.05, 3.63) is 59.9 Å². The van der Waals surface area contributed by atoms with Crippen LogP contribution in [0, 0.1) is 5.82 Å². The van der Waals surface area contributed by atoms with Crippen LogP contribution in [-0.4, -0.2) is 14.5 Å². The molecule has 0 aliphatic rings. The molecule has 0 bridgehead atoms. The van der Waals surface area contributed by atoms with Crippen LogP contribution in [0.4, 0.5) is 4.39 Å². The Morgan fingerprint density at radius 1 is 1.15 bits per heavy atom. The molecule has 102 valence electrons. The summed E-state index contributed by atoms with van der Waals surface area (Å²) < 4.78 is 15.7. The molecule has 0 amide bonds. The molecule has 0 spiro atoms. The van der Waals surface area contributed by atoms with E-state index in [1.165, 1.54) is 11.6 Å². The van der Waals surface area contributed by atoms with E-state index in [1.807, 2.05) is 22.8 Å². The van der Waals surface area contributed by atoms with Crippen LogP contribution in [0.15, 0.2) is 42.7 Å². The highest BCUT2D eigenvalue weighted by molar-refractivity contribution is 6.16. The lowest BCUT2D eigenvalue weighted by Gasteiger charge is -2.07. The van der Waals surface area contributed by atoms with Crippen LogP contribution < -0.4 is 0 Å². The zero-order valence-electron chi connectivity index (χ0n) is 10.8. The molecule has 20 heavy (non-hydrogen) atoms. The van der Waals surface area contributed by atoms with Gasteiger partial charge in [-0.1, -0.05) is 6.07 Å². The Hall–Kier alpha value is -1.94. The molecule has 3 aromatic rings. The number of benzene rings is 1. The van der Waals surface area contributed by atoms with E-state index >= 15 is 0 Å². The van der Waals surface area contributed by atoms with Crippen LogP contribution in [0.2, 0.25) is 0 Å². The summed E-state index contributed by atoms with van der Waals surface area (Å²) >= 11 is 5.92. The third-order valence-electron chi connectivity index (χ3n) is 3.30. The highest BCUT2D eigenvalue weighted by atomic mass is 35.5. The first-order valence-corrected chi connectivity index (χ1v) is 6.91. The van der Waals surface area contributed by atoms with Crippen LogP contribution in [0.25, 0.3) is 11.0 Å². The standard InChI is InChI=1S/C15H13ClFN3/c16-10-14-19-15-12(17)2-1-3-13(15)20(14)9-6-11-4-7-18-8-5-11/h1-5,7-8H,6,9-10H2. The van der Waals surface area contributed by atoms with Crippen molar-refractivity contribution in [1.82, 2.24) is 14.5 Å². The van der Waals surface area contributed by atoms with Crippen LogP contribution >= 0.6 is 11.6 Å². The van der Waals surface area contributed by atoms with Gasteiger partial charge in [0, 0.05) is 18.9 Å². The maximum atomic E-state index is 13.8. The number of aryl methyl sites for hydroxylation is 2. The zero-order valence-corrected chi connectivity index (χ0v) is 11.5. The lowest BCUT2D eigenvalue weighted by Crippen LogP contribution is -2.05. The summed E-state index contributed by atoms with van der Waals surface area (Å²) in [5.41, 5.74) is 2.35. The molecular weight excluding hydrogens is 277 g/mol. The number of para-hydroxylation sites is 1. The third-order valence-corrected chi connectivity index (χ3v) is 3.54. The number of hydrogen-bond acceptors (Lipinski definition) is 2. The Labute approximate surface area is 121 Å². The number of pyridine rings is 1. The molecule has 0 unspecified atom stereocenters. The summed E-state index contributed by atoms with van der Waals surface area (Å²) in [4.78, 5) is 8.28. The molecule has 0 aliphatic heterocycles. The van der Waals surface area contributed by atoms with Crippen molar-refractivity contribution in [2.45, 2.75) is 18.8 Å². The Morgan fingerprint density at radius 3 is 2.70 bits per heavy atom. The number of nitrogens with zero attached hydrogens (tertiary/aromatic N) is 3. The fourth-order valence-corrected chi connectivity index (χ4v) is 2.51. The zero-order chi connectivity index (χ0) is 13.9. The number of halogens is 2. The summed E-state index contributed by atoms with van der Waals surface area (Å²) in [6.45, 7) is 0.714. The van der Waals surface area contributed by atoms with Crippen LogP contribution in [-0.2, 0) is 18.8 Å². The van der Waals surface area contributed by atoms with Crippen molar-refractivity contribution in [3.63, 3.8) is 0 Å². The van der Waals surface area contributed by atoms with Gasteiger partial charge in [-0.15, -0.1) is 11.6 Å². The first-order chi connectivity index (χ1) is 9.79. The van der Waals surface area contributed by atoms with E-state index in [4.69, 9.17) is 11.6 Å². The topological polar surface area (TPSA) is 30.7 Å². The molecule has 0 N–H and O–H groups in total. The predicted molar refractivity (Wildman–Crippen MR) is 77.2 cm³/mol. The summed E-state index contributed by atoms with van der Waals surface area (Å²) in [7, 11) is 0. The molecular formula is C15H13ClFN3. The molecule has 1 aromatic carbocycles. The minimum Gasteiger partial charge on any atom is -0.327 e. The number of rotatable bonds is 4. The largest absolute Gasteiger partial charge is 0.327 e. The van der Waals surface area contributed by atoms with E-state index in [1.54, 1.807) is 18.5 Å². The second-order valence-electron chi connectivity index (χ2n) is 4.53. The van der Waals surface area contributed by atoms with E-state index in [-0.39, 0.29) is 11.7 Å². The number of fused-ring (bicyclic) bond motifs is 1. The van der Waals surface area contributed by atoms with Crippen molar-refractivity contribution in [2.24, 2.45) is 0 Å². The van der Waals surface area contributed by atoms with E-state index in [2.05, 4.69) is 9.97 Å². The predicted octanol–water partition coefficient (Wildman–Crippen LogP) is 3.55. The molecule has 0 saturated carbocycles. The molecule has 5 heteroatoms. The first kappa shape index (κ1) is 13.1. The van der Waals surface area contributed by atoms with Gasteiger partial charge in [-0.05, 0) is 36.2 Å². The van der Waals surface area contributed by atoms with E-state index in [9.17, 15) is 4.39 Å². The van der Waals surface area contributed by atoms with E-state index in [0.717, 1.165) is 11.9 Å². The van der Waals surface area contributed by atoms with Gasteiger partial charge >= 0.3 is 0 Å². The molecule has 0 atom stereocenters. The second kappa shape index (κ2) is 5.59. The van der Waals surface area contributed by atoms with Gasteiger partial charge < -0.3 is 4.57 Å². The Kier molecular flexibility index (Phi) is 3.65. The number of hydrogen-bond donors (Lipinski definition) is 0. The molecule has 3 nitrogen and oxygen atoms in total. The van der Waals surface area contributed by atoms with Crippen molar-refractivity contribution in [3.8, 4) is 0 Å². The Balaban J connectivity index is 1.96. The van der Waals surface area contributed by atoms with E-state index < -0.39 is 0 Å². The van der Waals surface area contributed by atoms with Gasteiger partial charge in [0.05, 0.1) is 11.4 Å².